The molecule has 7 atom stereocenters. The van der Waals surface area contributed by atoms with Crippen molar-refractivity contribution >= 4 is 5.91 Å². The van der Waals surface area contributed by atoms with Crippen LogP contribution in [0.4, 0.5) is 0 Å². The van der Waals surface area contributed by atoms with Crippen LogP contribution < -0.4 is 5.32 Å². The molecule has 1 amide bonds. The highest BCUT2D eigenvalue weighted by Crippen LogP contribution is 2.22. The zero-order chi connectivity index (χ0) is 45.1. The van der Waals surface area contributed by atoms with Gasteiger partial charge in [0.15, 0.2) is 6.29 Å². The molecule has 0 saturated carbocycles. The molecule has 9 nitrogen and oxygen atoms in total. The lowest BCUT2D eigenvalue weighted by molar-refractivity contribution is -0.302. The predicted molar refractivity (Wildman–Crippen MR) is 258 cm³/mol. The van der Waals surface area contributed by atoms with E-state index in [9.17, 15) is 30.3 Å². The van der Waals surface area contributed by atoms with Crippen LogP contribution in [0.25, 0.3) is 0 Å². The number of hydrogen-bond donors (Lipinski definition) is 6. The second-order valence-electron chi connectivity index (χ2n) is 16.9. The lowest BCUT2D eigenvalue weighted by Crippen LogP contribution is -2.60. The van der Waals surface area contributed by atoms with Gasteiger partial charge in [-0.2, -0.15) is 0 Å². The fourth-order valence-electron chi connectivity index (χ4n) is 7.28. The van der Waals surface area contributed by atoms with Crippen molar-refractivity contribution in [1.29, 1.82) is 0 Å². The van der Waals surface area contributed by atoms with E-state index in [1.807, 2.05) is 6.08 Å². The number of allylic oxidation sites excluding steroid dienone is 13. The molecule has 1 rings (SSSR count). The first-order chi connectivity index (χ1) is 30.3. The van der Waals surface area contributed by atoms with Gasteiger partial charge in [-0.05, 0) is 70.6 Å². The number of ether oxygens (including phenoxy) is 2. The van der Waals surface area contributed by atoms with E-state index in [4.69, 9.17) is 9.47 Å². The van der Waals surface area contributed by atoms with E-state index in [1.54, 1.807) is 6.08 Å². The zero-order valence-electron chi connectivity index (χ0n) is 39.1. The van der Waals surface area contributed by atoms with Crippen molar-refractivity contribution in [2.45, 2.75) is 230 Å². The molecule has 0 aromatic rings. The third-order valence-corrected chi connectivity index (χ3v) is 11.2. The largest absolute Gasteiger partial charge is 0.394 e. The van der Waals surface area contributed by atoms with Crippen LogP contribution in [-0.4, -0.2) is 87.5 Å². The molecule has 0 bridgehead atoms. The van der Waals surface area contributed by atoms with Crippen LogP contribution in [0, 0.1) is 0 Å². The Labute approximate surface area is 378 Å². The highest BCUT2D eigenvalue weighted by Gasteiger charge is 2.44. The summed E-state index contributed by atoms with van der Waals surface area (Å²) in [4.78, 5) is 13.0. The van der Waals surface area contributed by atoms with Crippen molar-refractivity contribution in [1.82, 2.24) is 5.32 Å². The SMILES string of the molecule is CC/C=C\C/C=C\C/C=C\C/C=C\C/C=C\C/C=C\CCCCCCCCCCC(=O)NC(COC1OC(CO)C(O)C(O)C1O)C(O)/C=C/CCCCCCCCCCCC. The molecule has 1 heterocycles. The van der Waals surface area contributed by atoms with E-state index in [2.05, 4.69) is 92.1 Å². The topological polar surface area (TPSA) is 149 Å². The van der Waals surface area contributed by atoms with Gasteiger partial charge in [-0.15, -0.1) is 0 Å². The van der Waals surface area contributed by atoms with Crippen LogP contribution in [-0.2, 0) is 14.3 Å². The van der Waals surface area contributed by atoms with Gasteiger partial charge in [0, 0.05) is 6.42 Å². The average molecular weight is 870 g/mol. The summed E-state index contributed by atoms with van der Waals surface area (Å²) >= 11 is 0. The highest BCUT2D eigenvalue weighted by atomic mass is 16.7. The van der Waals surface area contributed by atoms with E-state index in [0.29, 0.717) is 6.42 Å². The Morgan fingerprint density at radius 3 is 1.48 bits per heavy atom. The minimum absolute atomic E-state index is 0.191. The molecule has 7 unspecified atom stereocenters. The summed E-state index contributed by atoms with van der Waals surface area (Å²) in [6.07, 6.45) is 52.0. The minimum Gasteiger partial charge on any atom is -0.394 e. The van der Waals surface area contributed by atoms with Gasteiger partial charge in [-0.1, -0.05) is 195 Å². The molecule has 0 aliphatic carbocycles. The molecule has 0 spiro atoms. The Balaban J connectivity index is 2.27. The van der Waals surface area contributed by atoms with Crippen molar-refractivity contribution < 1.29 is 39.8 Å². The standard InChI is InChI=1S/C53H91NO8/c1-3-5-7-9-11-13-15-17-18-19-20-21-22-23-24-25-26-27-28-29-30-31-33-35-37-39-41-43-49(57)54-46(45-61-53-52(60)51(59)50(58)48(44-55)62-53)47(56)42-40-38-36-34-32-16-14-12-10-8-6-4-2/h5,7,11,13,17-18,20-21,23-24,26-27,40,42,46-48,50-53,55-56,58-60H,3-4,6,8-10,12,14-16,19,22,25,28-39,41,43-45H2,1-2H3,(H,54,57)/b7-5-,13-11-,18-17-,21-20-,24-23-,27-26-,42-40+. The summed E-state index contributed by atoms with van der Waals surface area (Å²) in [5, 5.41) is 54.2. The second-order valence-corrected chi connectivity index (χ2v) is 16.9. The smallest absolute Gasteiger partial charge is 0.220 e. The normalized spacial score (nSPS) is 21.0. The van der Waals surface area contributed by atoms with Gasteiger partial charge in [0.05, 0.1) is 25.4 Å². The molecule has 1 aliphatic heterocycles. The van der Waals surface area contributed by atoms with E-state index < -0.39 is 49.5 Å². The number of carbonyl (C=O) groups is 1. The van der Waals surface area contributed by atoms with Gasteiger partial charge in [-0.25, -0.2) is 0 Å². The number of unbranched alkanes of at least 4 members (excludes halogenated alkanes) is 18. The first-order valence-electron chi connectivity index (χ1n) is 24.8. The average Bonchev–Trinajstić information content (AvgIpc) is 3.27. The number of amides is 1. The zero-order valence-corrected chi connectivity index (χ0v) is 39.1. The summed E-state index contributed by atoms with van der Waals surface area (Å²) < 4.78 is 11.2. The van der Waals surface area contributed by atoms with Crippen LogP contribution in [0.1, 0.15) is 187 Å². The number of rotatable bonds is 40. The Morgan fingerprint density at radius 2 is 1.00 bits per heavy atom. The van der Waals surface area contributed by atoms with Crippen LogP contribution in [0.3, 0.4) is 0 Å². The molecule has 0 radical (unpaired) electrons. The highest BCUT2D eigenvalue weighted by molar-refractivity contribution is 5.76. The molecule has 6 N–H and O–H groups in total. The molecule has 0 aromatic heterocycles. The molecule has 1 saturated heterocycles. The van der Waals surface area contributed by atoms with Gasteiger partial charge in [0.25, 0.3) is 0 Å². The van der Waals surface area contributed by atoms with Gasteiger partial charge < -0.3 is 40.3 Å². The summed E-state index contributed by atoms with van der Waals surface area (Å²) in [5.41, 5.74) is 0. The lowest BCUT2D eigenvalue weighted by Gasteiger charge is -2.40. The third kappa shape index (κ3) is 32.1. The summed E-state index contributed by atoms with van der Waals surface area (Å²) in [6.45, 7) is 3.63. The quantitative estimate of drug-likeness (QED) is 0.0263. The molecule has 1 fully saturated rings. The first-order valence-corrected chi connectivity index (χ1v) is 24.8. The monoisotopic (exact) mass is 870 g/mol. The van der Waals surface area contributed by atoms with E-state index in [-0.39, 0.29) is 12.5 Å². The number of nitrogens with one attached hydrogen (secondary N) is 1. The first kappa shape index (κ1) is 57.4. The van der Waals surface area contributed by atoms with Crippen LogP contribution >= 0.6 is 0 Å². The van der Waals surface area contributed by atoms with Gasteiger partial charge in [-0.3, -0.25) is 4.79 Å². The van der Waals surface area contributed by atoms with Gasteiger partial charge in [0.2, 0.25) is 5.91 Å². The Kier molecular flexibility index (Phi) is 39.2. The van der Waals surface area contributed by atoms with E-state index in [0.717, 1.165) is 89.9 Å². The van der Waals surface area contributed by atoms with Gasteiger partial charge in [0.1, 0.15) is 24.4 Å². The van der Waals surface area contributed by atoms with Crippen molar-refractivity contribution in [3.05, 3.63) is 85.1 Å². The van der Waals surface area contributed by atoms with Crippen molar-refractivity contribution in [3.63, 3.8) is 0 Å². The number of aliphatic hydroxyl groups is 5. The summed E-state index contributed by atoms with van der Waals surface area (Å²) in [6, 6.07) is -0.813. The lowest BCUT2D eigenvalue weighted by atomic mass is 9.99. The Bertz CT molecular complexity index is 1240. The maximum Gasteiger partial charge on any atom is 0.220 e. The van der Waals surface area contributed by atoms with Crippen LogP contribution in [0.2, 0.25) is 0 Å². The van der Waals surface area contributed by atoms with Crippen LogP contribution in [0.15, 0.2) is 85.1 Å². The Morgan fingerprint density at radius 1 is 0.565 bits per heavy atom. The molecule has 356 valence electrons. The molecular weight excluding hydrogens is 779 g/mol. The maximum absolute atomic E-state index is 13.0. The molecule has 62 heavy (non-hydrogen) atoms. The van der Waals surface area contributed by atoms with E-state index in [1.165, 1.54) is 77.0 Å². The summed E-state index contributed by atoms with van der Waals surface area (Å²) in [7, 11) is 0. The third-order valence-electron chi connectivity index (χ3n) is 11.2. The molecular formula is C53H91NO8. The van der Waals surface area contributed by atoms with E-state index >= 15 is 0 Å². The fourth-order valence-corrected chi connectivity index (χ4v) is 7.28. The second kappa shape index (κ2) is 42.3. The number of aliphatic hydroxyl groups excluding tert-OH is 5. The van der Waals surface area contributed by atoms with Crippen LogP contribution in [0.5, 0.6) is 0 Å². The fraction of sp³-hybridized carbons (Fsp3) is 0.717. The summed E-state index contributed by atoms with van der Waals surface area (Å²) in [5.74, 6) is -0.191. The van der Waals surface area contributed by atoms with Crippen molar-refractivity contribution in [2.24, 2.45) is 0 Å². The van der Waals surface area contributed by atoms with Crippen molar-refractivity contribution in [3.8, 4) is 0 Å². The number of carbonyl (C=O) groups excluding carboxylic acids is 1. The molecule has 9 heteroatoms. The Hall–Kier alpha value is -2.63. The molecule has 1 aliphatic rings. The molecule has 0 aromatic carbocycles. The number of hydrogen-bond acceptors (Lipinski definition) is 8. The maximum atomic E-state index is 13.0. The van der Waals surface area contributed by atoms with Gasteiger partial charge >= 0.3 is 0 Å². The van der Waals surface area contributed by atoms with Crippen molar-refractivity contribution in [2.75, 3.05) is 13.2 Å². The minimum atomic E-state index is -1.57. The predicted octanol–water partition coefficient (Wildman–Crippen LogP) is 11.1.